The first-order valence-corrected chi connectivity index (χ1v) is 7.66. The molecule has 2 saturated heterocycles. The first-order valence-electron chi connectivity index (χ1n) is 7.66. The third-order valence-corrected chi connectivity index (χ3v) is 5.01. The molecule has 2 fully saturated rings. The molecule has 0 spiro atoms. The predicted octanol–water partition coefficient (Wildman–Crippen LogP) is 3.20. The molecule has 2 aromatic carbocycles. The van der Waals surface area contributed by atoms with Crippen molar-refractivity contribution in [1.82, 2.24) is 0 Å². The van der Waals surface area contributed by atoms with Crippen molar-refractivity contribution in [1.29, 1.82) is 5.26 Å². The van der Waals surface area contributed by atoms with Crippen molar-refractivity contribution in [3.8, 4) is 6.07 Å². The monoisotopic (exact) mass is 278 g/mol. The lowest BCUT2D eigenvalue weighted by Crippen LogP contribution is -2.44. The molecule has 0 amide bonds. The van der Waals surface area contributed by atoms with Crippen molar-refractivity contribution in [3.05, 3.63) is 42.0 Å². The van der Waals surface area contributed by atoms with Crippen molar-refractivity contribution in [2.75, 3.05) is 4.90 Å². The number of aliphatic hydroxyl groups is 1. The van der Waals surface area contributed by atoms with Crippen molar-refractivity contribution in [3.63, 3.8) is 0 Å². The van der Waals surface area contributed by atoms with Gasteiger partial charge >= 0.3 is 0 Å². The van der Waals surface area contributed by atoms with E-state index in [4.69, 9.17) is 0 Å². The Morgan fingerprint density at radius 3 is 2.33 bits per heavy atom. The van der Waals surface area contributed by atoms with Crippen LogP contribution in [0.1, 0.15) is 31.2 Å². The molecule has 0 aromatic heterocycles. The summed E-state index contributed by atoms with van der Waals surface area (Å²) in [6, 6.07) is 15.3. The lowest BCUT2D eigenvalue weighted by atomic mass is 9.96. The number of benzene rings is 2. The van der Waals surface area contributed by atoms with Gasteiger partial charge in [0.15, 0.2) is 0 Å². The smallest absolute Gasteiger partial charge is 0.0998 e. The molecule has 3 nitrogen and oxygen atoms in total. The molecule has 2 heterocycles. The molecule has 2 aliphatic heterocycles. The number of nitriles is 1. The number of piperidine rings is 1. The molecule has 2 unspecified atom stereocenters. The normalized spacial score (nSPS) is 27.8. The zero-order valence-electron chi connectivity index (χ0n) is 11.9. The summed E-state index contributed by atoms with van der Waals surface area (Å²) < 4.78 is 0. The van der Waals surface area contributed by atoms with Crippen molar-refractivity contribution < 1.29 is 5.11 Å². The lowest BCUT2D eigenvalue weighted by Gasteiger charge is -2.39. The summed E-state index contributed by atoms with van der Waals surface area (Å²) in [5.41, 5.74) is 1.96. The molecule has 0 aliphatic carbocycles. The Kier molecular flexibility index (Phi) is 2.87. The van der Waals surface area contributed by atoms with Crippen LogP contribution in [-0.2, 0) is 0 Å². The van der Waals surface area contributed by atoms with Crippen LogP contribution in [0.15, 0.2) is 36.4 Å². The quantitative estimate of drug-likeness (QED) is 0.871. The fraction of sp³-hybridized carbons (Fsp3) is 0.389. The van der Waals surface area contributed by atoms with Crippen LogP contribution in [0.2, 0.25) is 0 Å². The van der Waals surface area contributed by atoms with E-state index in [-0.39, 0.29) is 6.10 Å². The summed E-state index contributed by atoms with van der Waals surface area (Å²) in [6.45, 7) is 0. The van der Waals surface area contributed by atoms with Gasteiger partial charge in [-0.2, -0.15) is 5.26 Å². The van der Waals surface area contributed by atoms with Crippen LogP contribution in [0.5, 0.6) is 0 Å². The van der Waals surface area contributed by atoms with Gasteiger partial charge in [-0.05, 0) is 37.8 Å². The largest absolute Gasteiger partial charge is 0.393 e. The predicted molar refractivity (Wildman–Crippen MR) is 83.2 cm³/mol. The van der Waals surface area contributed by atoms with Gasteiger partial charge in [-0.1, -0.05) is 24.3 Å². The molecular weight excluding hydrogens is 260 g/mol. The fourth-order valence-corrected chi connectivity index (χ4v) is 4.15. The minimum absolute atomic E-state index is 0.150. The summed E-state index contributed by atoms with van der Waals surface area (Å²) in [7, 11) is 0. The van der Waals surface area contributed by atoms with Gasteiger partial charge in [0.2, 0.25) is 0 Å². The standard InChI is InChI=1S/C18H18N2O/c19-11-12-5-8-18(17-4-2-1-3-16(12)17)20-13-6-7-14(20)10-15(21)9-13/h1-5,8,13-15,21H,6-7,9-10H2. The minimum Gasteiger partial charge on any atom is -0.393 e. The average Bonchev–Trinajstić information content (AvgIpc) is 2.77. The van der Waals surface area contributed by atoms with Crippen LogP contribution >= 0.6 is 0 Å². The third kappa shape index (κ3) is 1.91. The molecular formula is C18H18N2O. The summed E-state index contributed by atoms with van der Waals surface area (Å²) in [6.07, 6.45) is 3.91. The summed E-state index contributed by atoms with van der Waals surface area (Å²) >= 11 is 0. The van der Waals surface area contributed by atoms with Crippen LogP contribution in [0.25, 0.3) is 10.8 Å². The van der Waals surface area contributed by atoms with Crippen LogP contribution in [-0.4, -0.2) is 23.3 Å². The van der Waals surface area contributed by atoms with Crippen molar-refractivity contribution in [2.24, 2.45) is 0 Å². The molecule has 0 radical (unpaired) electrons. The van der Waals surface area contributed by atoms with Gasteiger partial charge in [0.1, 0.15) is 0 Å². The van der Waals surface area contributed by atoms with Crippen LogP contribution in [0.3, 0.4) is 0 Å². The van der Waals surface area contributed by atoms with E-state index in [0.29, 0.717) is 12.1 Å². The molecule has 106 valence electrons. The second-order valence-electron chi connectivity index (χ2n) is 6.21. The maximum absolute atomic E-state index is 9.98. The number of aliphatic hydroxyl groups excluding tert-OH is 1. The fourth-order valence-electron chi connectivity index (χ4n) is 4.15. The molecule has 2 bridgehead atoms. The van der Waals surface area contributed by atoms with E-state index in [2.05, 4.69) is 23.1 Å². The van der Waals surface area contributed by atoms with Crippen molar-refractivity contribution in [2.45, 2.75) is 43.9 Å². The number of hydrogen-bond acceptors (Lipinski definition) is 3. The Hall–Kier alpha value is -2.05. The molecule has 2 atom stereocenters. The van der Waals surface area contributed by atoms with E-state index in [1.54, 1.807) is 0 Å². The Morgan fingerprint density at radius 2 is 1.67 bits per heavy atom. The van der Waals surface area contributed by atoms with Gasteiger partial charge in [-0.15, -0.1) is 0 Å². The highest BCUT2D eigenvalue weighted by Gasteiger charge is 2.40. The highest BCUT2D eigenvalue weighted by molar-refractivity contribution is 5.98. The third-order valence-electron chi connectivity index (χ3n) is 5.01. The highest BCUT2D eigenvalue weighted by Crippen LogP contribution is 2.42. The Labute approximate surface area is 124 Å². The van der Waals surface area contributed by atoms with Gasteiger partial charge < -0.3 is 10.0 Å². The molecule has 1 N–H and O–H groups in total. The van der Waals surface area contributed by atoms with Crippen LogP contribution in [0.4, 0.5) is 5.69 Å². The molecule has 3 heteroatoms. The maximum Gasteiger partial charge on any atom is 0.0998 e. The van der Waals surface area contributed by atoms with Crippen LogP contribution < -0.4 is 4.90 Å². The SMILES string of the molecule is N#Cc1ccc(N2C3CCC2CC(O)C3)c2ccccc12. The second kappa shape index (κ2) is 4.75. The first kappa shape index (κ1) is 12.7. The number of anilines is 1. The van der Waals surface area contributed by atoms with Gasteiger partial charge in [0.25, 0.3) is 0 Å². The number of fused-ring (bicyclic) bond motifs is 3. The lowest BCUT2D eigenvalue weighted by molar-refractivity contribution is 0.126. The van der Waals surface area contributed by atoms with E-state index in [9.17, 15) is 10.4 Å². The first-order chi connectivity index (χ1) is 10.3. The molecule has 21 heavy (non-hydrogen) atoms. The van der Waals surface area contributed by atoms with E-state index in [0.717, 1.165) is 42.0 Å². The van der Waals surface area contributed by atoms with Crippen LogP contribution in [0, 0.1) is 11.3 Å². The summed E-state index contributed by atoms with van der Waals surface area (Å²) in [5.74, 6) is 0. The Bertz CT molecular complexity index is 720. The van der Waals surface area contributed by atoms with Gasteiger partial charge in [0.05, 0.1) is 17.7 Å². The summed E-state index contributed by atoms with van der Waals surface area (Å²) in [5, 5.41) is 21.5. The highest BCUT2D eigenvalue weighted by atomic mass is 16.3. The van der Waals surface area contributed by atoms with Gasteiger partial charge in [0, 0.05) is 28.5 Å². The Morgan fingerprint density at radius 1 is 1.00 bits per heavy atom. The molecule has 4 rings (SSSR count). The van der Waals surface area contributed by atoms with E-state index in [1.807, 2.05) is 24.3 Å². The zero-order chi connectivity index (χ0) is 14.4. The topological polar surface area (TPSA) is 47.3 Å². The molecule has 0 saturated carbocycles. The number of rotatable bonds is 1. The van der Waals surface area contributed by atoms with Gasteiger partial charge in [-0.25, -0.2) is 0 Å². The molecule has 2 aromatic rings. The average molecular weight is 278 g/mol. The summed E-state index contributed by atoms with van der Waals surface area (Å²) in [4.78, 5) is 2.50. The van der Waals surface area contributed by atoms with Gasteiger partial charge in [-0.3, -0.25) is 0 Å². The maximum atomic E-state index is 9.98. The number of nitrogens with zero attached hydrogens (tertiary/aromatic N) is 2. The minimum atomic E-state index is -0.150. The second-order valence-corrected chi connectivity index (χ2v) is 6.21. The van der Waals surface area contributed by atoms with Crippen molar-refractivity contribution >= 4 is 16.5 Å². The zero-order valence-corrected chi connectivity index (χ0v) is 11.9. The van der Waals surface area contributed by atoms with E-state index < -0.39 is 0 Å². The molecule has 2 aliphatic rings. The number of hydrogen-bond donors (Lipinski definition) is 1. The Balaban J connectivity index is 1.87. The van der Waals surface area contributed by atoms with E-state index >= 15 is 0 Å². The van der Waals surface area contributed by atoms with E-state index in [1.165, 1.54) is 5.69 Å².